The number of nitrogens with zero attached hydrogens (tertiary/aromatic N) is 1. The highest BCUT2D eigenvalue weighted by Crippen LogP contribution is 2.10. The number of esters is 1. The first-order chi connectivity index (χ1) is 8.54. The third kappa shape index (κ3) is 4.07. The van der Waals surface area contributed by atoms with Crippen molar-refractivity contribution in [3.8, 4) is 11.8 Å². The van der Waals surface area contributed by atoms with Crippen LogP contribution in [0, 0.1) is 11.8 Å². The van der Waals surface area contributed by atoms with Crippen molar-refractivity contribution in [1.29, 1.82) is 0 Å². The Labute approximate surface area is 109 Å². The van der Waals surface area contributed by atoms with Crippen LogP contribution in [0.3, 0.4) is 0 Å². The van der Waals surface area contributed by atoms with Crippen LogP contribution >= 0.6 is 11.6 Å². The van der Waals surface area contributed by atoms with Gasteiger partial charge in [-0.1, -0.05) is 23.4 Å². The van der Waals surface area contributed by atoms with Crippen molar-refractivity contribution in [2.24, 2.45) is 0 Å². The average Bonchev–Trinajstić information content (AvgIpc) is 2.31. The highest BCUT2D eigenvalue weighted by molar-refractivity contribution is 6.29. The van der Waals surface area contributed by atoms with Crippen molar-refractivity contribution in [2.75, 3.05) is 6.61 Å². The van der Waals surface area contributed by atoms with Crippen molar-refractivity contribution in [3.05, 3.63) is 28.5 Å². The lowest BCUT2D eigenvalue weighted by Crippen LogP contribution is -2.04. The molecule has 0 radical (unpaired) electrons. The summed E-state index contributed by atoms with van der Waals surface area (Å²) in [5.41, 5.74) is -0.0324. The van der Waals surface area contributed by atoms with Gasteiger partial charge in [0.25, 0.3) is 0 Å². The van der Waals surface area contributed by atoms with Gasteiger partial charge >= 0.3 is 11.9 Å². The number of carboxylic acid groups (broad SMARTS) is 1. The molecule has 1 aromatic heterocycles. The van der Waals surface area contributed by atoms with Gasteiger partial charge in [0.1, 0.15) is 11.6 Å². The molecule has 94 valence electrons. The molecule has 0 aliphatic carbocycles. The fraction of sp³-hybridized carbons (Fsp3) is 0.250. The van der Waals surface area contributed by atoms with Gasteiger partial charge in [-0.2, -0.15) is 0 Å². The predicted molar refractivity (Wildman–Crippen MR) is 64.3 cm³/mol. The number of ether oxygens (including phenoxy) is 1. The maximum atomic E-state index is 11.0. The van der Waals surface area contributed by atoms with E-state index in [0.29, 0.717) is 0 Å². The molecular weight excluding hydrogens is 258 g/mol. The largest absolute Gasteiger partial charge is 0.476 e. The van der Waals surface area contributed by atoms with Crippen LogP contribution in [0.1, 0.15) is 29.4 Å². The first-order valence-corrected chi connectivity index (χ1v) is 5.46. The summed E-state index contributed by atoms with van der Waals surface area (Å²) in [6, 6.07) is 2.87. The summed E-state index contributed by atoms with van der Waals surface area (Å²) in [6.45, 7) is 1.97. The average molecular weight is 268 g/mol. The summed E-state index contributed by atoms with van der Waals surface area (Å²) in [5.74, 6) is 3.41. The molecule has 0 atom stereocenters. The molecule has 1 heterocycles. The van der Waals surface area contributed by atoms with Crippen LogP contribution in [0.25, 0.3) is 0 Å². The Hall–Kier alpha value is -2.06. The summed E-state index contributed by atoms with van der Waals surface area (Å²) in [6.07, 6.45) is -0.102. The molecule has 0 unspecified atom stereocenters. The number of aromatic nitrogens is 1. The zero-order chi connectivity index (χ0) is 13.5. The third-order valence-electron chi connectivity index (χ3n) is 1.82. The molecule has 0 aliphatic rings. The van der Waals surface area contributed by atoms with Crippen molar-refractivity contribution in [2.45, 2.75) is 13.3 Å². The fourth-order valence-corrected chi connectivity index (χ4v) is 1.27. The molecule has 1 rings (SSSR count). The monoisotopic (exact) mass is 267 g/mol. The van der Waals surface area contributed by atoms with E-state index in [2.05, 4.69) is 21.6 Å². The number of carbonyl (C=O) groups excluding carboxylic acids is 1. The number of hydrogen-bond donors (Lipinski definition) is 1. The van der Waals surface area contributed by atoms with Gasteiger partial charge in [-0.05, 0) is 19.1 Å². The molecule has 0 aliphatic heterocycles. The number of pyridine rings is 1. The SMILES string of the molecule is CCOC(=O)CC#Cc1ccc(Cl)nc1C(=O)O. The number of carbonyl (C=O) groups is 2. The second-order valence-electron chi connectivity index (χ2n) is 3.12. The number of carboxylic acids is 1. The predicted octanol–water partition coefficient (Wildman–Crippen LogP) is 1.74. The molecule has 18 heavy (non-hydrogen) atoms. The van der Waals surface area contributed by atoms with Crippen LogP contribution in [0.4, 0.5) is 0 Å². The molecule has 5 nitrogen and oxygen atoms in total. The maximum absolute atomic E-state index is 11.0. The van der Waals surface area contributed by atoms with Crippen LogP contribution in [-0.2, 0) is 9.53 Å². The van der Waals surface area contributed by atoms with Crippen molar-refractivity contribution in [1.82, 2.24) is 4.98 Å². The van der Waals surface area contributed by atoms with E-state index < -0.39 is 11.9 Å². The van der Waals surface area contributed by atoms with Gasteiger partial charge in [-0.3, -0.25) is 4.79 Å². The minimum Gasteiger partial charge on any atom is -0.476 e. The molecule has 0 saturated heterocycles. The number of halogens is 1. The first kappa shape index (κ1) is 14.0. The van der Waals surface area contributed by atoms with Crippen molar-refractivity contribution in [3.63, 3.8) is 0 Å². The van der Waals surface area contributed by atoms with E-state index in [1.165, 1.54) is 12.1 Å². The van der Waals surface area contributed by atoms with Gasteiger partial charge < -0.3 is 9.84 Å². The first-order valence-electron chi connectivity index (χ1n) is 5.09. The van der Waals surface area contributed by atoms with Crippen LogP contribution in [-0.4, -0.2) is 28.6 Å². The van der Waals surface area contributed by atoms with E-state index in [4.69, 9.17) is 16.7 Å². The number of aromatic carboxylic acids is 1. The van der Waals surface area contributed by atoms with E-state index >= 15 is 0 Å². The second kappa shape index (κ2) is 6.62. The van der Waals surface area contributed by atoms with E-state index in [1.807, 2.05) is 0 Å². The summed E-state index contributed by atoms with van der Waals surface area (Å²) in [4.78, 5) is 25.6. The minimum absolute atomic E-state index is 0.0725. The Kier molecular flexibility index (Phi) is 5.15. The summed E-state index contributed by atoms with van der Waals surface area (Å²) in [7, 11) is 0. The zero-order valence-electron chi connectivity index (χ0n) is 9.57. The van der Waals surface area contributed by atoms with Gasteiger partial charge in [-0.25, -0.2) is 9.78 Å². The van der Waals surface area contributed by atoms with E-state index in [-0.39, 0.29) is 29.4 Å². The Bertz CT molecular complexity index is 531. The number of hydrogen-bond acceptors (Lipinski definition) is 4. The Morgan fingerprint density at radius 1 is 1.50 bits per heavy atom. The van der Waals surface area contributed by atoms with Crippen LogP contribution in [0.2, 0.25) is 5.15 Å². The summed E-state index contributed by atoms with van der Waals surface area (Å²) in [5, 5.41) is 8.97. The van der Waals surface area contributed by atoms with Gasteiger partial charge in [0.15, 0.2) is 5.69 Å². The normalized spacial score (nSPS) is 9.22. The van der Waals surface area contributed by atoms with Gasteiger partial charge in [0.2, 0.25) is 0 Å². The van der Waals surface area contributed by atoms with Gasteiger partial charge in [0, 0.05) is 0 Å². The lowest BCUT2D eigenvalue weighted by atomic mass is 10.2. The maximum Gasteiger partial charge on any atom is 0.355 e. The smallest absolute Gasteiger partial charge is 0.355 e. The van der Waals surface area contributed by atoms with Crippen LogP contribution < -0.4 is 0 Å². The van der Waals surface area contributed by atoms with Crippen LogP contribution in [0.15, 0.2) is 12.1 Å². The lowest BCUT2D eigenvalue weighted by molar-refractivity contribution is -0.141. The minimum atomic E-state index is -1.22. The van der Waals surface area contributed by atoms with E-state index in [1.54, 1.807) is 6.92 Å². The van der Waals surface area contributed by atoms with Crippen molar-refractivity contribution >= 4 is 23.5 Å². The Morgan fingerprint density at radius 2 is 2.22 bits per heavy atom. The highest BCUT2D eigenvalue weighted by Gasteiger charge is 2.10. The Morgan fingerprint density at radius 3 is 2.83 bits per heavy atom. The molecule has 1 N–H and O–H groups in total. The highest BCUT2D eigenvalue weighted by atomic mass is 35.5. The third-order valence-corrected chi connectivity index (χ3v) is 2.04. The number of rotatable bonds is 3. The van der Waals surface area contributed by atoms with E-state index in [0.717, 1.165) is 0 Å². The molecule has 0 spiro atoms. The standard InChI is InChI=1S/C12H10ClNO4/c1-2-18-10(15)5-3-4-8-6-7-9(13)14-11(8)12(16)17/h6-7H,2,5H2,1H3,(H,16,17). The van der Waals surface area contributed by atoms with Gasteiger partial charge in [-0.15, -0.1) is 0 Å². The zero-order valence-corrected chi connectivity index (χ0v) is 10.3. The topological polar surface area (TPSA) is 76.5 Å². The van der Waals surface area contributed by atoms with Gasteiger partial charge in [0.05, 0.1) is 12.2 Å². The van der Waals surface area contributed by atoms with Crippen molar-refractivity contribution < 1.29 is 19.4 Å². The molecule has 0 aromatic carbocycles. The molecular formula is C12H10ClNO4. The lowest BCUT2D eigenvalue weighted by Gasteiger charge is -1.98. The quantitative estimate of drug-likeness (QED) is 0.513. The molecule has 0 amide bonds. The molecule has 0 bridgehead atoms. The molecule has 1 aromatic rings. The second-order valence-corrected chi connectivity index (χ2v) is 3.51. The fourth-order valence-electron chi connectivity index (χ4n) is 1.12. The molecule has 6 heteroatoms. The molecule has 0 saturated carbocycles. The summed E-state index contributed by atoms with van der Waals surface area (Å²) >= 11 is 5.59. The summed E-state index contributed by atoms with van der Waals surface area (Å²) < 4.78 is 4.68. The van der Waals surface area contributed by atoms with E-state index in [9.17, 15) is 9.59 Å². The molecule has 0 fully saturated rings. The Balaban J connectivity index is 2.88. The van der Waals surface area contributed by atoms with Crippen LogP contribution in [0.5, 0.6) is 0 Å².